The van der Waals surface area contributed by atoms with E-state index in [0.29, 0.717) is 40.8 Å². The van der Waals surface area contributed by atoms with Gasteiger partial charge in [-0.2, -0.15) is 10.1 Å². The van der Waals surface area contributed by atoms with Gasteiger partial charge < -0.3 is 14.2 Å². The minimum absolute atomic E-state index is 0.0962. The van der Waals surface area contributed by atoms with E-state index in [0.717, 1.165) is 5.56 Å². The average Bonchev–Trinajstić information content (AvgIpc) is 3.21. The zero-order valence-corrected chi connectivity index (χ0v) is 16.4. The Bertz CT molecular complexity index is 1290. The van der Waals surface area contributed by atoms with Gasteiger partial charge in [0, 0.05) is 6.07 Å². The zero-order chi connectivity index (χ0) is 21.0. The molecular weight excluding hydrogens is 399 g/mol. The summed E-state index contributed by atoms with van der Waals surface area (Å²) in [5.74, 6) is 6.42. The number of hydrogen-bond acceptors (Lipinski definition) is 6. The van der Waals surface area contributed by atoms with Gasteiger partial charge in [0.2, 0.25) is 5.88 Å². The third-order valence-corrected chi connectivity index (χ3v) is 4.64. The molecule has 31 heavy (non-hydrogen) atoms. The molecular formula is C23H17FN4O3. The lowest BCUT2D eigenvalue weighted by Crippen LogP contribution is -2.07. The second-order valence-electron chi connectivity index (χ2n) is 6.76. The summed E-state index contributed by atoms with van der Waals surface area (Å²) in [6.45, 7) is 0.794. The van der Waals surface area contributed by atoms with Crippen LogP contribution in [0.5, 0.6) is 11.6 Å². The largest absolute Gasteiger partial charge is 0.479 e. The summed E-state index contributed by atoms with van der Waals surface area (Å²) in [7, 11) is 0. The maximum absolute atomic E-state index is 13.9. The van der Waals surface area contributed by atoms with Gasteiger partial charge in [0.05, 0.1) is 6.20 Å². The lowest BCUT2D eigenvalue weighted by molar-refractivity contribution is 0.146. The average molecular weight is 416 g/mol. The lowest BCUT2D eigenvalue weighted by atomic mass is 10.2. The molecule has 2 aromatic heterocycles. The van der Waals surface area contributed by atoms with E-state index < -0.39 is 5.82 Å². The Hall–Kier alpha value is -3.96. The normalized spacial score (nSPS) is 13.2. The molecule has 0 spiro atoms. The Labute approximate surface area is 177 Å². The van der Waals surface area contributed by atoms with Crippen molar-refractivity contribution in [3.05, 3.63) is 71.9 Å². The van der Waals surface area contributed by atoms with Crippen LogP contribution in [0.2, 0.25) is 0 Å². The van der Waals surface area contributed by atoms with E-state index in [1.54, 1.807) is 16.9 Å². The highest BCUT2D eigenvalue weighted by atomic mass is 19.1. The van der Waals surface area contributed by atoms with Crippen molar-refractivity contribution >= 4 is 11.0 Å². The van der Waals surface area contributed by atoms with Crippen LogP contribution < -0.4 is 9.47 Å². The molecule has 1 aliphatic rings. The summed E-state index contributed by atoms with van der Waals surface area (Å²) in [4.78, 5) is 9.13. The highest BCUT2D eigenvalue weighted by Crippen LogP contribution is 2.30. The van der Waals surface area contributed by atoms with E-state index in [2.05, 4.69) is 26.9 Å². The van der Waals surface area contributed by atoms with Gasteiger partial charge in [0.25, 0.3) is 0 Å². The Morgan fingerprint density at radius 2 is 1.94 bits per heavy atom. The van der Waals surface area contributed by atoms with Gasteiger partial charge in [0.1, 0.15) is 49.1 Å². The number of benzene rings is 2. The first kappa shape index (κ1) is 19.0. The third-order valence-electron chi connectivity index (χ3n) is 4.64. The van der Waals surface area contributed by atoms with Crippen molar-refractivity contribution in [2.45, 2.75) is 13.2 Å². The van der Waals surface area contributed by atoms with E-state index in [4.69, 9.17) is 14.2 Å². The lowest BCUT2D eigenvalue weighted by Gasteiger charge is -2.12. The summed E-state index contributed by atoms with van der Waals surface area (Å²) >= 11 is 0. The van der Waals surface area contributed by atoms with Crippen LogP contribution in [0.3, 0.4) is 0 Å². The van der Waals surface area contributed by atoms with Crippen LogP contribution in [0, 0.1) is 17.7 Å². The number of aromatic nitrogens is 4. The molecule has 0 unspecified atom stereocenters. The standard InChI is InChI=1S/C23H17FN4O3/c24-17-8-9-19-20(12-17)30-11-5-4-10-29-15-21-26-22-18(13-25-28(19)22)23(27-21)31-14-16-6-2-1-3-7-16/h1-3,6-9,12-13H,10-11,14-15H2. The Kier molecular flexibility index (Phi) is 5.17. The van der Waals surface area contributed by atoms with Gasteiger partial charge in [-0.15, -0.1) is 0 Å². The van der Waals surface area contributed by atoms with Crippen molar-refractivity contribution in [2.75, 3.05) is 13.2 Å². The minimum atomic E-state index is -0.419. The maximum atomic E-state index is 13.9. The SMILES string of the molecule is Fc1ccc2c(c1)OCC#CCOCc1nc(OCc3ccccc3)c3cnn-2c3n1. The summed E-state index contributed by atoms with van der Waals surface area (Å²) in [6, 6.07) is 14.0. The molecule has 0 atom stereocenters. The molecule has 2 bridgehead atoms. The fourth-order valence-electron chi connectivity index (χ4n) is 3.19. The molecule has 0 amide bonds. The van der Waals surface area contributed by atoms with Crippen molar-refractivity contribution in [3.8, 4) is 29.2 Å². The second-order valence-corrected chi connectivity index (χ2v) is 6.76. The summed E-state index contributed by atoms with van der Waals surface area (Å²) in [5.41, 5.74) is 2.06. The summed E-state index contributed by atoms with van der Waals surface area (Å²) in [5, 5.41) is 5.08. The molecule has 3 heterocycles. The summed E-state index contributed by atoms with van der Waals surface area (Å²) < 4.78 is 32.7. The molecule has 0 radical (unpaired) electrons. The predicted octanol–water partition coefficient (Wildman–Crippen LogP) is 3.45. The molecule has 0 aliphatic carbocycles. The number of rotatable bonds is 3. The van der Waals surface area contributed by atoms with Gasteiger partial charge in [0.15, 0.2) is 11.5 Å². The molecule has 1 aliphatic heterocycles. The minimum Gasteiger partial charge on any atom is -0.479 e. The Morgan fingerprint density at radius 1 is 1.06 bits per heavy atom. The van der Waals surface area contributed by atoms with Gasteiger partial charge >= 0.3 is 0 Å². The van der Waals surface area contributed by atoms with E-state index in [1.165, 1.54) is 12.1 Å². The highest BCUT2D eigenvalue weighted by Gasteiger charge is 2.18. The van der Waals surface area contributed by atoms with Crippen LogP contribution in [0.1, 0.15) is 11.4 Å². The maximum Gasteiger partial charge on any atom is 0.228 e. The van der Waals surface area contributed by atoms with Crippen molar-refractivity contribution in [2.24, 2.45) is 0 Å². The molecule has 5 rings (SSSR count). The van der Waals surface area contributed by atoms with Crippen LogP contribution in [0.25, 0.3) is 16.7 Å². The number of ether oxygens (including phenoxy) is 3. The van der Waals surface area contributed by atoms with E-state index >= 15 is 0 Å². The first-order valence-corrected chi connectivity index (χ1v) is 9.65. The van der Waals surface area contributed by atoms with Crippen LogP contribution in [0.15, 0.2) is 54.7 Å². The Balaban J connectivity index is 1.62. The van der Waals surface area contributed by atoms with E-state index in [-0.39, 0.29) is 19.8 Å². The van der Waals surface area contributed by atoms with Crippen LogP contribution in [-0.4, -0.2) is 33.0 Å². The molecule has 0 saturated heterocycles. The van der Waals surface area contributed by atoms with Crippen LogP contribution in [0.4, 0.5) is 4.39 Å². The first-order valence-electron chi connectivity index (χ1n) is 9.65. The second kappa shape index (κ2) is 8.42. The molecule has 0 N–H and O–H groups in total. The first-order chi connectivity index (χ1) is 15.3. The highest BCUT2D eigenvalue weighted by molar-refractivity contribution is 5.82. The van der Waals surface area contributed by atoms with E-state index in [1.807, 2.05) is 30.3 Å². The monoisotopic (exact) mass is 416 g/mol. The quantitative estimate of drug-likeness (QED) is 0.477. The third kappa shape index (κ3) is 4.04. The van der Waals surface area contributed by atoms with Crippen molar-refractivity contribution in [3.63, 3.8) is 0 Å². The summed E-state index contributed by atoms with van der Waals surface area (Å²) in [6.07, 6.45) is 1.62. The fourth-order valence-corrected chi connectivity index (χ4v) is 3.19. The number of fused-ring (bicyclic) bond motifs is 3. The number of nitrogens with zero attached hydrogens (tertiary/aromatic N) is 4. The van der Waals surface area contributed by atoms with Gasteiger partial charge in [-0.25, -0.2) is 14.1 Å². The molecule has 154 valence electrons. The molecule has 0 saturated carbocycles. The van der Waals surface area contributed by atoms with Crippen molar-refractivity contribution in [1.82, 2.24) is 19.7 Å². The van der Waals surface area contributed by atoms with E-state index in [9.17, 15) is 4.39 Å². The van der Waals surface area contributed by atoms with Crippen molar-refractivity contribution in [1.29, 1.82) is 0 Å². The molecule has 0 fully saturated rings. The van der Waals surface area contributed by atoms with Crippen LogP contribution >= 0.6 is 0 Å². The zero-order valence-electron chi connectivity index (χ0n) is 16.4. The number of hydrogen-bond donors (Lipinski definition) is 0. The fraction of sp³-hybridized carbons (Fsp3) is 0.174. The van der Waals surface area contributed by atoms with Gasteiger partial charge in [-0.1, -0.05) is 42.2 Å². The topological polar surface area (TPSA) is 71.3 Å². The molecule has 7 nitrogen and oxygen atoms in total. The Morgan fingerprint density at radius 3 is 2.84 bits per heavy atom. The molecule has 2 aromatic carbocycles. The number of halogens is 1. The van der Waals surface area contributed by atoms with Gasteiger partial charge in [-0.05, 0) is 17.7 Å². The van der Waals surface area contributed by atoms with Crippen LogP contribution in [-0.2, 0) is 18.0 Å². The molecule has 4 aromatic rings. The predicted molar refractivity (Wildman–Crippen MR) is 110 cm³/mol. The molecule has 8 heteroatoms. The smallest absolute Gasteiger partial charge is 0.228 e. The van der Waals surface area contributed by atoms with Gasteiger partial charge in [-0.3, -0.25) is 0 Å². The van der Waals surface area contributed by atoms with Crippen molar-refractivity contribution < 1.29 is 18.6 Å².